The van der Waals surface area contributed by atoms with Crippen LogP contribution in [0, 0.1) is 17.7 Å². The molecule has 3 N–H and O–H groups in total. The summed E-state index contributed by atoms with van der Waals surface area (Å²) in [6.07, 6.45) is 1.12. The Morgan fingerprint density at radius 1 is 1.09 bits per heavy atom. The highest BCUT2D eigenvalue weighted by atomic mass is 19.1. The first-order valence-corrected chi connectivity index (χ1v) is 7.31. The molecule has 2 aliphatic rings. The minimum absolute atomic E-state index is 0.0922. The second-order valence-corrected chi connectivity index (χ2v) is 5.54. The standard InChI is InChI=1S/C12H15FN2.C4H4O4/c13-11-3-1-2-4-12(11)15-7-9-5-14-6-10(9)8-15;5-3(6)1-2-4(7)8/h1-4,9-10,14H,5-8H2;1-2H,(H,5,6)(H,7,8)/b;2-1-. The van der Waals surface area contributed by atoms with Crippen molar-refractivity contribution < 1.29 is 24.2 Å². The molecule has 0 amide bonds. The van der Waals surface area contributed by atoms with E-state index in [-0.39, 0.29) is 5.82 Å². The van der Waals surface area contributed by atoms with Gasteiger partial charge in [-0.25, -0.2) is 14.0 Å². The Morgan fingerprint density at radius 2 is 1.61 bits per heavy atom. The zero-order valence-corrected chi connectivity index (χ0v) is 12.5. The van der Waals surface area contributed by atoms with E-state index in [1.165, 1.54) is 0 Å². The van der Waals surface area contributed by atoms with Crippen molar-refractivity contribution in [1.29, 1.82) is 0 Å². The quantitative estimate of drug-likeness (QED) is 0.725. The molecular weight excluding hydrogens is 303 g/mol. The van der Waals surface area contributed by atoms with Gasteiger partial charge in [0, 0.05) is 38.3 Å². The molecule has 23 heavy (non-hydrogen) atoms. The maximum Gasteiger partial charge on any atom is 0.328 e. The normalized spacial score (nSPS) is 22.6. The Morgan fingerprint density at radius 3 is 2.09 bits per heavy atom. The molecule has 0 aliphatic carbocycles. The van der Waals surface area contributed by atoms with E-state index >= 15 is 0 Å². The fraction of sp³-hybridized carbons (Fsp3) is 0.375. The Hall–Kier alpha value is -2.41. The highest BCUT2D eigenvalue weighted by Crippen LogP contribution is 2.31. The van der Waals surface area contributed by atoms with Gasteiger partial charge in [-0.3, -0.25) is 0 Å². The molecule has 2 atom stereocenters. The van der Waals surface area contributed by atoms with E-state index in [2.05, 4.69) is 10.2 Å². The van der Waals surface area contributed by atoms with Crippen LogP contribution in [-0.4, -0.2) is 48.3 Å². The first-order chi connectivity index (χ1) is 11.0. The lowest BCUT2D eigenvalue weighted by Gasteiger charge is -2.20. The lowest BCUT2D eigenvalue weighted by Crippen LogP contribution is -2.26. The summed E-state index contributed by atoms with van der Waals surface area (Å²) >= 11 is 0. The number of para-hydroxylation sites is 1. The summed E-state index contributed by atoms with van der Waals surface area (Å²) in [5, 5.41) is 19.0. The predicted molar refractivity (Wildman–Crippen MR) is 82.9 cm³/mol. The summed E-state index contributed by atoms with van der Waals surface area (Å²) in [7, 11) is 0. The third kappa shape index (κ3) is 4.79. The van der Waals surface area contributed by atoms with E-state index in [0.717, 1.165) is 31.9 Å². The van der Waals surface area contributed by atoms with Crippen LogP contribution < -0.4 is 10.2 Å². The number of hydrogen-bond donors (Lipinski definition) is 3. The van der Waals surface area contributed by atoms with Gasteiger partial charge in [0.05, 0.1) is 5.69 Å². The third-order valence-electron chi connectivity index (χ3n) is 3.95. The molecule has 6 nitrogen and oxygen atoms in total. The highest BCUT2D eigenvalue weighted by Gasteiger charge is 2.36. The van der Waals surface area contributed by atoms with Gasteiger partial charge in [-0.15, -0.1) is 0 Å². The van der Waals surface area contributed by atoms with Crippen LogP contribution in [0.4, 0.5) is 10.1 Å². The summed E-state index contributed by atoms with van der Waals surface area (Å²) < 4.78 is 13.6. The minimum atomic E-state index is -1.26. The van der Waals surface area contributed by atoms with Gasteiger partial charge in [-0.2, -0.15) is 0 Å². The summed E-state index contributed by atoms with van der Waals surface area (Å²) in [4.78, 5) is 21.3. The number of fused-ring (bicyclic) bond motifs is 1. The largest absolute Gasteiger partial charge is 0.478 e. The molecule has 0 bridgehead atoms. The summed E-state index contributed by atoms with van der Waals surface area (Å²) in [6.45, 7) is 4.18. The van der Waals surface area contributed by atoms with Crippen molar-refractivity contribution in [3.05, 3.63) is 42.2 Å². The van der Waals surface area contributed by atoms with E-state index < -0.39 is 11.9 Å². The monoisotopic (exact) mass is 322 g/mol. The zero-order valence-electron chi connectivity index (χ0n) is 12.5. The van der Waals surface area contributed by atoms with Crippen molar-refractivity contribution in [3.63, 3.8) is 0 Å². The fourth-order valence-electron chi connectivity index (χ4n) is 2.90. The maximum atomic E-state index is 13.6. The van der Waals surface area contributed by atoms with Crippen LogP contribution in [0.15, 0.2) is 36.4 Å². The lowest BCUT2D eigenvalue weighted by molar-refractivity contribution is -0.134. The molecule has 7 heteroatoms. The van der Waals surface area contributed by atoms with Crippen molar-refractivity contribution in [2.75, 3.05) is 31.1 Å². The zero-order chi connectivity index (χ0) is 16.8. The van der Waals surface area contributed by atoms with Gasteiger partial charge in [0.25, 0.3) is 0 Å². The van der Waals surface area contributed by atoms with Crippen molar-refractivity contribution in [1.82, 2.24) is 5.32 Å². The van der Waals surface area contributed by atoms with Crippen LogP contribution in [0.25, 0.3) is 0 Å². The fourth-order valence-corrected chi connectivity index (χ4v) is 2.90. The Balaban J connectivity index is 0.000000207. The van der Waals surface area contributed by atoms with Gasteiger partial charge in [0.2, 0.25) is 0 Å². The Bertz CT molecular complexity index is 577. The van der Waals surface area contributed by atoms with Crippen LogP contribution >= 0.6 is 0 Å². The summed E-state index contributed by atoms with van der Waals surface area (Å²) in [6, 6.07) is 7.08. The Labute approximate surface area is 133 Å². The number of hydrogen-bond acceptors (Lipinski definition) is 4. The average Bonchev–Trinajstić information content (AvgIpc) is 3.07. The topological polar surface area (TPSA) is 89.9 Å². The number of carbonyl (C=O) groups is 2. The number of carboxylic acids is 2. The first-order valence-electron chi connectivity index (χ1n) is 7.31. The number of nitrogens with one attached hydrogen (secondary N) is 1. The number of aliphatic carboxylic acids is 2. The number of benzene rings is 1. The van der Waals surface area contributed by atoms with E-state index in [1.807, 2.05) is 12.1 Å². The molecule has 0 radical (unpaired) electrons. The van der Waals surface area contributed by atoms with Crippen LogP contribution in [-0.2, 0) is 9.59 Å². The molecule has 1 aromatic carbocycles. The van der Waals surface area contributed by atoms with Crippen molar-refractivity contribution in [2.45, 2.75) is 0 Å². The van der Waals surface area contributed by atoms with Gasteiger partial charge in [-0.05, 0) is 24.0 Å². The molecule has 2 fully saturated rings. The molecule has 0 saturated carbocycles. The molecule has 2 unspecified atom stereocenters. The number of nitrogens with zero attached hydrogens (tertiary/aromatic N) is 1. The third-order valence-corrected chi connectivity index (χ3v) is 3.95. The van der Waals surface area contributed by atoms with Gasteiger partial charge >= 0.3 is 11.9 Å². The highest BCUT2D eigenvalue weighted by molar-refractivity contribution is 5.89. The average molecular weight is 322 g/mol. The van der Waals surface area contributed by atoms with Gasteiger partial charge in [0.1, 0.15) is 5.82 Å². The molecule has 0 spiro atoms. The minimum Gasteiger partial charge on any atom is -0.478 e. The van der Waals surface area contributed by atoms with Gasteiger partial charge in [0.15, 0.2) is 0 Å². The summed E-state index contributed by atoms with van der Waals surface area (Å²) in [5.41, 5.74) is 0.770. The number of halogens is 1. The van der Waals surface area contributed by atoms with Crippen LogP contribution in [0.5, 0.6) is 0 Å². The number of carboxylic acid groups (broad SMARTS) is 2. The van der Waals surface area contributed by atoms with Crippen molar-refractivity contribution in [3.8, 4) is 0 Å². The number of rotatable bonds is 3. The van der Waals surface area contributed by atoms with Gasteiger partial charge < -0.3 is 20.4 Å². The lowest BCUT2D eigenvalue weighted by atomic mass is 10.0. The second-order valence-electron chi connectivity index (χ2n) is 5.54. The van der Waals surface area contributed by atoms with Crippen molar-refractivity contribution in [2.24, 2.45) is 11.8 Å². The molecule has 2 saturated heterocycles. The molecule has 1 aromatic rings. The maximum absolute atomic E-state index is 13.6. The SMILES string of the molecule is Fc1ccccc1N1CC2CNCC2C1.O=C(O)/C=C\C(=O)O. The predicted octanol–water partition coefficient (Wildman–Crippen LogP) is 1.19. The molecule has 2 heterocycles. The van der Waals surface area contributed by atoms with Crippen molar-refractivity contribution >= 4 is 17.6 Å². The molecule has 3 rings (SSSR count). The second kappa shape index (κ2) is 7.73. The van der Waals surface area contributed by atoms with E-state index in [0.29, 0.717) is 24.0 Å². The first kappa shape index (κ1) is 17.0. The molecule has 0 aromatic heterocycles. The van der Waals surface area contributed by atoms with Crippen LogP contribution in [0.1, 0.15) is 0 Å². The number of anilines is 1. The smallest absolute Gasteiger partial charge is 0.328 e. The molecule has 124 valence electrons. The summed E-state index contributed by atoms with van der Waals surface area (Å²) in [5.74, 6) is -1.18. The molecule has 2 aliphatic heterocycles. The van der Waals surface area contributed by atoms with Gasteiger partial charge in [-0.1, -0.05) is 12.1 Å². The van der Waals surface area contributed by atoms with E-state index in [1.54, 1.807) is 12.1 Å². The Kier molecular flexibility index (Phi) is 5.70. The van der Waals surface area contributed by atoms with Crippen LogP contribution in [0.2, 0.25) is 0 Å². The van der Waals surface area contributed by atoms with Crippen LogP contribution in [0.3, 0.4) is 0 Å². The van der Waals surface area contributed by atoms with E-state index in [4.69, 9.17) is 10.2 Å². The van der Waals surface area contributed by atoms with E-state index in [9.17, 15) is 14.0 Å². The molecular formula is C16H19FN2O4.